The number of aliphatic hydroxyl groups is 1. The molecule has 1 unspecified atom stereocenters. The molecule has 0 aliphatic carbocycles. The second kappa shape index (κ2) is 6.70. The first-order valence-electron chi connectivity index (χ1n) is 6.38. The third kappa shape index (κ3) is 3.91. The molecule has 1 atom stereocenters. The molecule has 0 aliphatic heterocycles. The summed E-state index contributed by atoms with van der Waals surface area (Å²) >= 11 is 3.27. The van der Waals surface area contributed by atoms with Crippen LogP contribution in [-0.2, 0) is 10.0 Å². The van der Waals surface area contributed by atoms with Crippen molar-refractivity contribution < 1.29 is 13.5 Å². The van der Waals surface area contributed by atoms with Crippen LogP contribution in [-0.4, -0.2) is 20.1 Å². The SMILES string of the molecule is Cc1ccc(S(=O)(=O)NC(CO)c2ccccc2)c(Br)c1. The molecule has 0 bridgehead atoms. The van der Waals surface area contributed by atoms with Crippen LogP contribution < -0.4 is 4.72 Å². The number of benzene rings is 2. The summed E-state index contributed by atoms with van der Waals surface area (Å²) in [5.74, 6) is 0. The Balaban J connectivity index is 2.32. The van der Waals surface area contributed by atoms with Crippen LogP contribution in [0.25, 0.3) is 0 Å². The summed E-state index contributed by atoms with van der Waals surface area (Å²) in [6.45, 7) is 1.57. The van der Waals surface area contributed by atoms with E-state index < -0.39 is 16.1 Å². The van der Waals surface area contributed by atoms with Gasteiger partial charge in [0.25, 0.3) is 0 Å². The molecule has 0 amide bonds. The van der Waals surface area contributed by atoms with E-state index in [0.717, 1.165) is 5.56 Å². The molecule has 4 nitrogen and oxygen atoms in total. The Kier molecular flexibility index (Phi) is 5.16. The Hall–Kier alpha value is -1.21. The van der Waals surface area contributed by atoms with E-state index in [9.17, 15) is 13.5 Å². The van der Waals surface area contributed by atoms with E-state index in [-0.39, 0.29) is 11.5 Å². The fourth-order valence-corrected chi connectivity index (χ4v) is 4.38. The quantitative estimate of drug-likeness (QED) is 0.851. The summed E-state index contributed by atoms with van der Waals surface area (Å²) in [5, 5.41) is 9.46. The van der Waals surface area contributed by atoms with Gasteiger partial charge >= 0.3 is 0 Å². The predicted molar refractivity (Wildman–Crippen MR) is 85.5 cm³/mol. The summed E-state index contributed by atoms with van der Waals surface area (Å²) in [6.07, 6.45) is 0. The van der Waals surface area contributed by atoms with Crippen LogP contribution in [0.2, 0.25) is 0 Å². The van der Waals surface area contributed by atoms with Crippen LogP contribution >= 0.6 is 15.9 Å². The van der Waals surface area contributed by atoms with Crippen LogP contribution in [0.15, 0.2) is 57.9 Å². The molecule has 0 spiro atoms. The maximum atomic E-state index is 12.5. The Bertz CT molecular complexity index is 717. The lowest BCUT2D eigenvalue weighted by molar-refractivity contribution is 0.259. The molecule has 0 heterocycles. The average molecular weight is 370 g/mol. The molecule has 0 fully saturated rings. The molecule has 6 heteroatoms. The minimum absolute atomic E-state index is 0.155. The molecule has 112 valence electrons. The zero-order chi connectivity index (χ0) is 15.5. The lowest BCUT2D eigenvalue weighted by Crippen LogP contribution is -2.31. The summed E-state index contributed by atoms with van der Waals surface area (Å²) < 4.78 is 27.9. The summed E-state index contributed by atoms with van der Waals surface area (Å²) in [7, 11) is -3.72. The van der Waals surface area contributed by atoms with Gasteiger partial charge in [-0.1, -0.05) is 36.4 Å². The van der Waals surface area contributed by atoms with Gasteiger partial charge < -0.3 is 5.11 Å². The van der Waals surface area contributed by atoms with Crippen LogP contribution in [0.5, 0.6) is 0 Å². The van der Waals surface area contributed by atoms with Crippen molar-refractivity contribution in [1.29, 1.82) is 0 Å². The van der Waals surface area contributed by atoms with E-state index in [1.54, 1.807) is 42.5 Å². The third-order valence-corrected chi connectivity index (χ3v) is 5.51. The highest BCUT2D eigenvalue weighted by atomic mass is 79.9. The Morgan fingerprint density at radius 2 is 1.86 bits per heavy atom. The molecular weight excluding hydrogens is 354 g/mol. The summed E-state index contributed by atoms with van der Waals surface area (Å²) in [4.78, 5) is 0.155. The molecule has 0 saturated heterocycles. The van der Waals surface area contributed by atoms with Crippen LogP contribution in [0.3, 0.4) is 0 Å². The highest BCUT2D eigenvalue weighted by Crippen LogP contribution is 2.24. The van der Waals surface area contributed by atoms with Gasteiger partial charge in [-0.3, -0.25) is 0 Å². The third-order valence-electron chi connectivity index (χ3n) is 3.06. The molecule has 2 aromatic carbocycles. The van der Waals surface area contributed by atoms with Gasteiger partial charge in [0.2, 0.25) is 10.0 Å². The van der Waals surface area contributed by atoms with Gasteiger partial charge in [-0.25, -0.2) is 13.1 Å². The smallest absolute Gasteiger partial charge is 0.242 e. The van der Waals surface area contributed by atoms with Crippen molar-refractivity contribution in [2.75, 3.05) is 6.61 Å². The molecule has 0 radical (unpaired) electrons. The first kappa shape index (κ1) is 16.2. The zero-order valence-electron chi connectivity index (χ0n) is 11.5. The largest absolute Gasteiger partial charge is 0.394 e. The van der Waals surface area contributed by atoms with E-state index in [1.807, 2.05) is 13.0 Å². The molecule has 2 rings (SSSR count). The van der Waals surface area contributed by atoms with Crippen LogP contribution in [0.1, 0.15) is 17.2 Å². The van der Waals surface area contributed by atoms with Gasteiger partial charge in [0.1, 0.15) is 0 Å². The molecule has 2 N–H and O–H groups in total. The minimum Gasteiger partial charge on any atom is -0.394 e. The number of aliphatic hydroxyl groups excluding tert-OH is 1. The lowest BCUT2D eigenvalue weighted by atomic mass is 10.1. The highest BCUT2D eigenvalue weighted by molar-refractivity contribution is 9.10. The van der Waals surface area contributed by atoms with Crippen molar-refractivity contribution in [3.8, 4) is 0 Å². The van der Waals surface area contributed by atoms with E-state index in [2.05, 4.69) is 20.7 Å². The van der Waals surface area contributed by atoms with Crippen molar-refractivity contribution >= 4 is 26.0 Å². The van der Waals surface area contributed by atoms with E-state index in [1.165, 1.54) is 0 Å². The Morgan fingerprint density at radius 3 is 2.43 bits per heavy atom. The second-order valence-electron chi connectivity index (χ2n) is 4.70. The number of hydrogen-bond acceptors (Lipinski definition) is 3. The lowest BCUT2D eigenvalue weighted by Gasteiger charge is -2.17. The number of sulfonamides is 1. The Labute approximate surface area is 133 Å². The normalized spacial score (nSPS) is 13.1. The van der Waals surface area contributed by atoms with Crippen molar-refractivity contribution in [2.24, 2.45) is 0 Å². The van der Waals surface area contributed by atoms with Gasteiger partial charge in [0.05, 0.1) is 17.5 Å². The van der Waals surface area contributed by atoms with Crippen molar-refractivity contribution in [3.05, 3.63) is 64.1 Å². The fraction of sp³-hybridized carbons (Fsp3) is 0.200. The minimum atomic E-state index is -3.72. The van der Waals surface area contributed by atoms with E-state index >= 15 is 0 Å². The van der Waals surface area contributed by atoms with Gasteiger partial charge in [-0.15, -0.1) is 0 Å². The van der Waals surface area contributed by atoms with Gasteiger partial charge in [0, 0.05) is 4.47 Å². The second-order valence-corrected chi connectivity index (χ2v) is 7.24. The topological polar surface area (TPSA) is 66.4 Å². The number of aryl methyl sites for hydroxylation is 1. The molecule has 0 aliphatic rings. The predicted octanol–water partition coefficient (Wildman–Crippen LogP) is 2.77. The van der Waals surface area contributed by atoms with Gasteiger partial charge in [0.15, 0.2) is 0 Å². The monoisotopic (exact) mass is 369 g/mol. The molecule has 0 aromatic heterocycles. The zero-order valence-corrected chi connectivity index (χ0v) is 13.9. The number of halogens is 1. The first-order valence-corrected chi connectivity index (χ1v) is 8.66. The van der Waals surface area contributed by atoms with E-state index in [4.69, 9.17) is 0 Å². The molecular formula is C15H16BrNO3S. The molecule has 21 heavy (non-hydrogen) atoms. The maximum absolute atomic E-state index is 12.5. The van der Waals surface area contributed by atoms with Crippen LogP contribution in [0, 0.1) is 6.92 Å². The number of nitrogens with one attached hydrogen (secondary N) is 1. The van der Waals surface area contributed by atoms with Crippen molar-refractivity contribution in [1.82, 2.24) is 4.72 Å². The summed E-state index contributed by atoms with van der Waals surface area (Å²) in [5.41, 5.74) is 1.68. The van der Waals surface area contributed by atoms with Crippen molar-refractivity contribution in [3.63, 3.8) is 0 Å². The fourth-order valence-electron chi connectivity index (χ4n) is 1.97. The average Bonchev–Trinajstić information content (AvgIpc) is 2.45. The molecule has 2 aromatic rings. The highest BCUT2D eigenvalue weighted by Gasteiger charge is 2.22. The van der Waals surface area contributed by atoms with Gasteiger partial charge in [-0.05, 0) is 46.1 Å². The standard InChI is InChI=1S/C15H16BrNO3S/c1-11-7-8-15(13(16)9-11)21(19,20)17-14(10-18)12-5-3-2-4-6-12/h2-9,14,17-18H,10H2,1H3. The van der Waals surface area contributed by atoms with Crippen molar-refractivity contribution in [2.45, 2.75) is 17.9 Å². The summed E-state index contributed by atoms with van der Waals surface area (Å²) in [6, 6.07) is 13.3. The van der Waals surface area contributed by atoms with E-state index in [0.29, 0.717) is 10.0 Å². The maximum Gasteiger partial charge on any atom is 0.242 e. The first-order chi connectivity index (χ1) is 9.94. The number of rotatable bonds is 5. The molecule has 0 saturated carbocycles. The van der Waals surface area contributed by atoms with Crippen LogP contribution in [0.4, 0.5) is 0 Å². The number of hydrogen-bond donors (Lipinski definition) is 2. The Morgan fingerprint density at radius 1 is 1.19 bits per heavy atom. The van der Waals surface area contributed by atoms with Gasteiger partial charge in [-0.2, -0.15) is 0 Å².